The molecule has 1 heterocycles. The molecule has 0 unspecified atom stereocenters. The fourth-order valence-corrected chi connectivity index (χ4v) is 1.32. The number of aromatic nitrogens is 2. The third-order valence-electron chi connectivity index (χ3n) is 2.10. The minimum Gasteiger partial charge on any atom is -0.335 e. The van der Waals surface area contributed by atoms with Crippen molar-refractivity contribution in [3.8, 4) is 0 Å². The summed E-state index contributed by atoms with van der Waals surface area (Å²) in [6.07, 6.45) is 6.28. The van der Waals surface area contributed by atoms with Gasteiger partial charge < -0.3 is 9.88 Å². The van der Waals surface area contributed by atoms with Gasteiger partial charge in [0.25, 0.3) is 0 Å². The Kier molecular flexibility index (Phi) is 4.54. The Morgan fingerprint density at radius 1 is 1.46 bits per heavy atom. The minimum atomic E-state index is 1.07. The molecule has 1 aromatic heterocycles. The first-order valence-electron chi connectivity index (χ1n) is 5.03. The lowest BCUT2D eigenvalue weighted by Gasteiger charge is -2.05. The Morgan fingerprint density at radius 3 is 2.92 bits per heavy atom. The van der Waals surface area contributed by atoms with Gasteiger partial charge in [-0.1, -0.05) is 6.92 Å². The maximum absolute atomic E-state index is 4.17. The predicted octanol–water partition coefficient (Wildman–Crippen LogP) is 1.58. The van der Waals surface area contributed by atoms with Gasteiger partial charge in [-0.05, 0) is 32.9 Å². The number of nitrogens with one attached hydrogen (secondary N) is 1. The summed E-state index contributed by atoms with van der Waals surface area (Å²) in [5.41, 5.74) is 0. The summed E-state index contributed by atoms with van der Waals surface area (Å²) in [7, 11) is 0. The second kappa shape index (κ2) is 5.75. The van der Waals surface area contributed by atoms with Gasteiger partial charge in [-0.25, -0.2) is 4.98 Å². The van der Waals surface area contributed by atoms with Crippen LogP contribution in [0.5, 0.6) is 0 Å². The van der Waals surface area contributed by atoms with Crippen molar-refractivity contribution >= 4 is 0 Å². The molecule has 0 saturated carbocycles. The molecule has 74 valence electrons. The van der Waals surface area contributed by atoms with Crippen LogP contribution in [0.2, 0.25) is 0 Å². The Bertz CT molecular complexity index is 230. The molecule has 0 atom stereocenters. The van der Waals surface area contributed by atoms with Crippen molar-refractivity contribution in [3.63, 3.8) is 0 Å². The Hall–Kier alpha value is -0.830. The van der Waals surface area contributed by atoms with Crippen molar-refractivity contribution in [2.75, 3.05) is 13.1 Å². The molecule has 13 heavy (non-hydrogen) atoms. The normalized spacial score (nSPS) is 10.6. The highest BCUT2D eigenvalue weighted by Crippen LogP contribution is 1.96. The number of nitrogens with zero attached hydrogens (tertiary/aromatic N) is 2. The van der Waals surface area contributed by atoms with Crippen LogP contribution in [0.15, 0.2) is 12.4 Å². The van der Waals surface area contributed by atoms with E-state index in [1.165, 1.54) is 12.8 Å². The quantitative estimate of drug-likeness (QED) is 0.675. The Morgan fingerprint density at radius 2 is 2.31 bits per heavy atom. The van der Waals surface area contributed by atoms with Crippen molar-refractivity contribution in [2.45, 2.75) is 33.2 Å². The molecule has 0 aliphatic rings. The lowest BCUT2D eigenvalue weighted by atomic mass is 10.4. The van der Waals surface area contributed by atoms with E-state index in [1.54, 1.807) is 0 Å². The summed E-state index contributed by atoms with van der Waals surface area (Å²) in [6.45, 7) is 7.53. The third kappa shape index (κ3) is 3.59. The van der Waals surface area contributed by atoms with Crippen LogP contribution in [0.4, 0.5) is 0 Å². The summed E-state index contributed by atoms with van der Waals surface area (Å²) < 4.78 is 2.19. The average Bonchev–Trinajstić information content (AvgIpc) is 2.52. The number of rotatable bonds is 6. The van der Waals surface area contributed by atoms with E-state index < -0.39 is 0 Å². The summed E-state index contributed by atoms with van der Waals surface area (Å²) in [4.78, 5) is 4.17. The number of hydrogen-bond acceptors (Lipinski definition) is 2. The predicted molar refractivity (Wildman–Crippen MR) is 54.7 cm³/mol. The summed E-state index contributed by atoms with van der Waals surface area (Å²) in [5, 5.41) is 3.38. The first-order chi connectivity index (χ1) is 6.34. The molecule has 0 spiro atoms. The van der Waals surface area contributed by atoms with E-state index in [0.717, 1.165) is 25.5 Å². The standard InChI is InChI=1S/C10H19N3/c1-3-5-11-6-4-8-13-9-7-12-10(13)2/h7,9,11H,3-6,8H2,1-2H3. The van der Waals surface area contributed by atoms with Gasteiger partial charge >= 0.3 is 0 Å². The van der Waals surface area contributed by atoms with Gasteiger partial charge in [-0.2, -0.15) is 0 Å². The van der Waals surface area contributed by atoms with Crippen LogP contribution in [-0.4, -0.2) is 22.6 Å². The van der Waals surface area contributed by atoms with Crippen molar-refractivity contribution in [1.29, 1.82) is 0 Å². The molecular weight excluding hydrogens is 162 g/mol. The summed E-state index contributed by atoms with van der Waals surface area (Å²) in [5.74, 6) is 1.11. The second-order valence-corrected chi connectivity index (χ2v) is 3.27. The van der Waals surface area contributed by atoms with Gasteiger partial charge in [0.05, 0.1) is 0 Å². The molecule has 0 aliphatic heterocycles. The Balaban J connectivity index is 2.10. The third-order valence-corrected chi connectivity index (χ3v) is 2.10. The van der Waals surface area contributed by atoms with Gasteiger partial charge in [0.2, 0.25) is 0 Å². The van der Waals surface area contributed by atoms with E-state index in [2.05, 4.69) is 21.8 Å². The van der Waals surface area contributed by atoms with Crippen molar-refractivity contribution < 1.29 is 0 Å². The largest absolute Gasteiger partial charge is 0.335 e. The van der Waals surface area contributed by atoms with E-state index in [1.807, 2.05) is 19.3 Å². The van der Waals surface area contributed by atoms with E-state index in [-0.39, 0.29) is 0 Å². The van der Waals surface area contributed by atoms with Crippen LogP contribution in [0.25, 0.3) is 0 Å². The molecular formula is C10H19N3. The molecule has 0 saturated heterocycles. The summed E-state index contributed by atoms with van der Waals surface area (Å²) in [6, 6.07) is 0. The fraction of sp³-hybridized carbons (Fsp3) is 0.700. The molecule has 0 aromatic carbocycles. The lowest BCUT2D eigenvalue weighted by molar-refractivity contribution is 0.570. The van der Waals surface area contributed by atoms with E-state index in [9.17, 15) is 0 Å². The molecule has 0 aliphatic carbocycles. The van der Waals surface area contributed by atoms with Crippen LogP contribution in [0, 0.1) is 6.92 Å². The zero-order valence-electron chi connectivity index (χ0n) is 8.58. The van der Waals surface area contributed by atoms with Gasteiger partial charge in [-0.3, -0.25) is 0 Å². The van der Waals surface area contributed by atoms with Gasteiger partial charge in [-0.15, -0.1) is 0 Å². The van der Waals surface area contributed by atoms with Crippen LogP contribution in [0.3, 0.4) is 0 Å². The van der Waals surface area contributed by atoms with Crippen molar-refractivity contribution in [3.05, 3.63) is 18.2 Å². The van der Waals surface area contributed by atoms with Gasteiger partial charge in [0, 0.05) is 18.9 Å². The zero-order valence-corrected chi connectivity index (χ0v) is 8.58. The SMILES string of the molecule is CCCNCCCn1ccnc1C. The first kappa shape index (κ1) is 10.3. The number of aryl methyl sites for hydroxylation is 2. The first-order valence-corrected chi connectivity index (χ1v) is 5.03. The monoisotopic (exact) mass is 181 g/mol. The molecule has 1 rings (SSSR count). The number of hydrogen-bond donors (Lipinski definition) is 1. The maximum atomic E-state index is 4.17. The van der Waals surface area contributed by atoms with Gasteiger partial charge in [0.15, 0.2) is 0 Å². The molecule has 0 bridgehead atoms. The minimum absolute atomic E-state index is 1.07. The van der Waals surface area contributed by atoms with E-state index in [0.29, 0.717) is 0 Å². The van der Waals surface area contributed by atoms with Crippen LogP contribution in [0.1, 0.15) is 25.6 Å². The van der Waals surface area contributed by atoms with Gasteiger partial charge in [0.1, 0.15) is 5.82 Å². The van der Waals surface area contributed by atoms with Crippen LogP contribution < -0.4 is 5.32 Å². The molecule has 0 radical (unpaired) electrons. The van der Waals surface area contributed by atoms with E-state index in [4.69, 9.17) is 0 Å². The zero-order chi connectivity index (χ0) is 9.52. The molecule has 0 fully saturated rings. The van der Waals surface area contributed by atoms with E-state index >= 15 is 0 Å². The summed E-state index contributed by atoms with van der Waals surface area (Å²) >= 11 is 0. The molecule has 1 aromatic rings. The highest BCUT2D eigenvalue weighted by atomic mass is 15.0. The highest BCUT2D eigenvalue weighted by Gasteiger charge is 1.94. The smallest absolute Gasteiger partial charge is 0.105 e. The average molecular weight is 181 g/mol. The number of imidazole rings is 1. The molecule has 1 N–H and O–H groups in total. The van der Waals surface area contributed by atoms with Crippen LogP contribution >= 0.6 is 0 Å². The van der Waals surface area contributed by atoms with Crippen molar-refractivity contribution in [2.24, 2.45) is 0 Å². The van der Waals surface area contributed by atoms with Crippen molar-refractivity contribution in [1.82, 2.24) is 14.9 Å². The molecule has 0 amide bonds. The van der Waals surface area contributed by atoms with Crippen LogP contribution in [-0.2, 0) is 6.54 Å². The second-order valence-electron chi connectivity index (χ2n) is 3.27. The topological polar surface area (TPSA) is 29.9 Å². The molecule has 3 heteroatoms. The lowest BCUT2D eigenvalue weighted by Crippen LogP contribution is -2.17. The molecule has 3 nitrogen and oxygen atoms in total. The highest BCUT2D eigenvalue weighted by molar-refractivity contribution is 4.87. The maximum Gasteiger partial charge on any atom is 0.105 e. The fourth-order valence-electron chi connectivity index (χ4n) is 1.32. The Labute approximate surface area is 80.2 Å².